The third-order valence-electron chi connectivity index (χ3n) is 7.53. The van der Waals surface area contributed by atoms with Gasteiger partial charge in [0.1, 0.15) is 17.2 Å². The van der Waals surface area contributed by atoms with Gasteiger partial charge in [0.25, 0.3) is 0 Å². The summed E-state index contributed by atoms with van der Waals surface area (Å²) in [5.41, 5.74) is 0.132. The van der Waals surface area contributed by atoms with E-state index in [2.05, 4.69) is 22.4 Å². The molecule has 2 unspecified atom stereocenters. The van der Waals surface area contributed by atoms with Gasteiger partial charge < -0.3 is 5.32 Å². The van der Waals surface area contributed by atoms with Gasteiger partial charge in [0, 0.05) is 25.6 Å². The monoisotopic (exact) mass is 483 g/mol. The SMILES string of the molecule is CN1C(=N)c2c(nn(CC3C=CC(C(F)(F)F)=CC3)c2NC2C=CC=CC2)N2C1=N[C@@H]1CCC[C@@H]12. The van der Waals surface area contributed by atoms with Crippen LogP contribution in [-0.2, 0) is 6.54 Å². The first-order valence-electron chi connectivity index (χ1n) is 12.2. The minimum atomic E-state index is -4.33. The second-order valence-electron chi connectivity index (χ2n) is 9.81. The van der Waals surface area contributed by atoms with Gasteiger partial charge >= 0.3 is 6.18 Å². The number of anilines is 2. The van der Waals surface area contributed by atoms with Gasteiger partial charge in [-0.1, -0.05) is 42.5 Å². The first-order valence-corrected chi connectivity index (χ1v) is 12.2. The Morgan fingerprint density at radius 1 is 1.17 bits per heavy atom. The Kier molecular flexibility index (Phi) is 5.16. The summed E-state index contributed by atoms with van der Waals surface area (Å²) in [7, 11) is 1.87. The van der Waals surface area contributed by atoms with Crippen LogP contribution in [-0.4, -0.2) is 57.8 Å². The molecule has 7 nitrogen and oxygen atoms in total. The molecule has 1 fully saturated rings. The highest BCUT2D eigenvalue weighted by atomic mass is 19.4. The normalized spacial score (nSPS) is 29.2. The van der Waals surface area contributed by atoms with Gasteiger partial charge in [-0.2, -0.15) is 18.3 Å². The first kappa shape index (κ1) is 22.2. The van der Waals surface area contributed by atoms with Crippen LogP contribution in [0.15, 0.2) is 53.1 Å². The zero-order valence-corrected chi connectivity index (χ0v) is 19.5. The first-order chi connectivity index (χ1) is 16.8. The Morgan fingerprint density at radius 3 is 2.74 bits per heavy atom. The number of nitrogens with one attached hydrogen (secondary N) is 2. The minimum Gasteiger partial charge on any atom is -0.363 e. The van der Waals surface area contributed by atoms with Gasteiger partial charge in [-0.05, 0) is 32.1 Å². The molecule has 0 radical (unpaired) electrons. The summed E-state index contributed by atoms with van der Waals surface area (Å²) < 4.78 is 41.1. The third-order valence-corrected chi connectivity index (χ3v) is 7.53. The van der Waals surface area contributed by atoms with Crippen LogP contribution in [0, 0.1) is 11.3 Å². The summed E-state index contributed by atoms with van der Waals surface area (Å²) in [6, 6.07) is 0.496. The number of aliphatic imine (C=N–C) groups is 1. The van der Waals surface area contributed by atoms with Crippen LogP contribution in [0.2, 0.25) is 0 Å². The van der Waals surface area contributed by atoms with E-state index in [1.54, 1.807) is 6.08 Å². The summed E-state index contributed by atoms with van der Waals surface area (Å²) in [5, 5.41) is 17.5. The number of hydrogen-bond acceptors (Lipinski definition) is 5. The fourth-order valence-corrected chi connectivity index (χ4v) is 5.71. The third kappa shape index (κ3) is 3.70. The zero-order chi connectivity index (χ0) is 24.3. The summed E-state index contributed by atoms with van der Waals surface area (Å²) in [6.45, 7) is 0.422. The molecule has 6 rings (SSSR count). The van der Waals surface area contributed by atoms with E-state index in [1.807, 2.05) is 28.8 Å². The van der Waals surface area contributed by atoms with Crippen molar-refractivity contribution < 1.29 is 13.2 Å². The fourth-order valence-electron chi connectivity index (χ4n) is 5.71. The molecule has 3 heterocycles. The number of allylic oxidation sites excluding steroid dienone is 6. The van der Waals surface area contributed by atoms with E-state index in [1.165, 1.54) is 12.2 Å². The number of guanidine groups is 1. The minimum absolute atomic E-state index is 0.0455. The molecule has 1 saturated carbocycles. The lowest BCUT2D eigenvalue weighted by molar-refractivity contribution is -0.0887. The maximum absolute atomic E-state index is 13.1. The van der Waals surface area contributed by atoms with E-state index in [-0.39, 0.29) is 24.0 Å². The van der Waals surface area contributed by atoms with E-state index < -0.39 is 11.7 Å². The van der Waals surface area contributed by atoms with Crippen molar-refractivity contribution in [3.05, 3.63) is 53.7 Å². The maximum Gasteiger partial charge on any atom is 0.416 e. The van der Waals surface area contributed by atoms with Crippen LogP contribution >= 0.6 is 0 Å². The predicted octanol–water partition coefficient (Wildman–Crippen LogP) is 4.61. The lowest BCUT2D eigenvalue weighted by Crippen LogP contribution is -2.51. The van der Waals surface area contributed by atoms with E-state index in [0.29, 0.717) is 18.8 Å². The van der Waals surface area contributed by atoms with Crippen LogP contribution in [0.25, 0.3) is 0 Å². The molecule has 0 spiro atoms. The molecule has 1 aromatic heterocycles. The second kappa shape index (κ2) is 8.13. The van der Waals surface area contributed by atoms with Crippen LogP contribution in [0.3, 0.4) is 0 Å². The van der Waals surface area contributed by atoms with Gasteiger partial charge in [-0.15, -0.1) is 0 Å². The smallest absolute Gasteiger partial charge is 0.363 e. The summed E-state index contributed by atoms with van der Waals surface area (Å²) in [5.74, 6) is 2.44. The Morgan fingerprint density at radius 2 is 2.03 bits per heavy atom. The average molecular weight is 484 g/mol. The molecule has 1 aromatic rings. The summed E-state index contributed by atoms with van der Waals surface area (Å²) >= 11 is 0. The number of fused-ring (bicyclic) bond motifs is 5. The van der Waals surface area contributed by atoms with E-state index >= 15 is 0 Å². The molecule has 0 aromatic carbocycles. The Balaban J connectivity index is 1.37. The molecule has 0 saturated heterocycles. The van der Waals surface area contributed by atoms with E-state index in [4.69, 9.17) is 15.5 Å². The zero-order valence-electron chi connectivity index (χ0n) is 19.5. The standard InChI is InChI=1S/C25H28F3N7/c1-33-21(29)20-22(30-17-6-3-2-4-7-17)34(14-15-10-12-16(13-11-15)25(26,27)28)32-23(20)35-19-9-5-8-18(19)31-24(33)35/h2-4,6,10,12-13,15,17-19,29-30H,5,7-9,11,14H2,1H3/t15?,17?,18-,19+/m1/s1. The molecule has 4 atom stereocenters. The molecular weight excluding hydrogens is 455 g/mol. The van der Waals surface area contributed by atoms with Crippen LogP contribution < -0.4 is 10.2 Å². The Bertz CT molecular complexity index is 1200. The molecule has 2 aliphatic heterocycles. The van der Waals surface area contributed by atoms with E-state index in [9.17, 15) is 13.2 Å². The average Bonchev–Trinajstić information content (AvgIpc) is 3.52. The Labute approximate surface area is 201 Å². The topological polar surface area (TPSA) is 72.5 Å². The molecule has 5 aliphatic rings. The highest BCUT2D eigenvalue weighted by Gasteiger charge is 2.48. The van der Waals surface area contributed by atoms with Gasteiger partial charge in [0.05, 0.1) is 17.7 Å². The largest absolute Gasteiger partial charge is 0.416 e. The van der Waals surface area contributed by atoms with Gasteiger partial charge in [-0.3, -0.25) is 15.2 Å². The predicted molar refractivity (Wildman–Crippen MR) is 130 cm³/mol. The number of rotatable bonds is 4. The Hall–Kier alpha value is -3.30. The molecule has 35 heavy (non-hydrogen) atoms. The number of nitrogens with zero attached hydrogens (tertiary/aromatic N) is 5. The fraction of sp³-hybridized carbons (Fsp3) is 0.480. The highest BCUT2D eigenvalue weighted by molar-refractivity contribution is 6.21. The van der Waals surface area contributed by atoms with Gasteiger partial charge in [0.2, 0.25) is 5.96 Å². The van der Waals surface area contributed by atoms with Crippen molar-refractivity contribution in [2.75, 3.05) is 17.3 Å². The molecular formula is C25H28F3N7. The number of hydrogen-bond donors (Lipinski definition) is 2. The quantitative estimate of drug-likeness (QED) is 0.656. The van der Waals surface area contributed by atoms with Crippen molar-refractivity contribution in [3.63, 3.8) is 0 Å². The lowest BCUT2D eigenvalue weighted by atomic mass is 9.96. The summed E-state index contributed by atoms with van der Waals surface area (Å²) in [6.07, 6.45) is 12.2. The number of alkyl halides is 3. The maximum atomic E-state index is 13.1. The van der Waals surface area contributed by atoms with E-state index in [0.717, 1.165) is 48.8 Å². The molecule has 2 N–H and O–H groups in total. The molecule has 0 amide bonds. The number of amidine groups is 1. The van der Waals surface area contributed by atoms with Gasteiger partial charge in [-0.25, -0.2) is 9.67 Å². The van der Waals surface area contributed by atoms with Crippen LogP contribution in [0.5, 0.6) is 0 Å². The lowest BCUT2D eigenvalue weighted by Gasteiger charge is -2.35. The molecule has 184 valence electrons. The number of halogens is 3. The molecule has 3 aliphatic carbocycles. The van der Waals surface area contributed by atoms with Crippen molar-refractivity contribution in [3.8, 4) is 0 Å². The molecule has 10 heteroatoms. The van der Waals surface area contributed by atoms with Crippen molar-refractivity contribution in [1.29, 1.82) is 5.41 Å². The van der Waals surface area contributed by atoms with Gasteiger partial charge in [0.15, 0.2) is 5.82 Å². The highest BCUT2D eigenvalue weighted by Crippen LogP contribution is 2.43. The molecule has 0 bridgehead atoms. The van der Waals surface area contributed by atoms with Crippen LogP contribution in [0.4, 0.5) is 24.8 Å². The number of aromatic nitrogens is 2. The van der Waals surface area contributed by atoms with Crippen LogP contribution in [0.1, 0.15) is 37.7 Å². The van der Waals surface area contributed by atoms with Crippen molar-refractivity contribution >= 4 is 23.4 Å². The van der Waals surface area contributed by atoms with Crippen molar-refractivity contribution in [2.45, 2.75) is 63.0 Å². The van der Waals surface area contributed by atoms with Crippen molar-refractivity contribution in [1.82, 2.24) is 14.7 Å². The summed E-state index contributed by atoms with van der Waals surface area (Å²) in [4.78, 5) is 8.93. The van der Waals surface area contributed by atoms with Crippen molar-refractivity contribution in [2.24, 2.45) is 10.9 Å². The second-order valence-corrected chi connectivity index (χ2v) is 9.81.